The highest BCUT2D eigenvalue weighted by atomic mass is 19.1. The fourth-order valence-electron chi connectivity index (χ4n) is 2.56. The van der Waals surface area contributed by atoms with Crippen LogP contribution < -0.4 is 10.1 Å². The van der Waals surface area contributed by atoms with Gasteiger partial charge in [-0.3, -0.25) is 0 Å². The summed E-state index contributed by atoms with van der Waals surface area (Å²) in [5, 5.41) is 21.6. The first-order chi connectivity index (χ1) is 10.9. The first-order valence-corrected chi connectivity index (χ1v) is 7.37. The maximum absolute atomic E-state index is 12.9. The number of aliphatic hydroxyl groups is 1. The molecule has 1 aliphatic heterocycles. The van der Waals surface area contributed by atoms with E-state index in [-0.39, 0.29) is 11.7 Å². The first kappa shape index (κ1) is 15.4. The second-order valence-corrected chi connectivity index (χ2v) is 5.97. The molecule has 1 aromatic heterocycles. The van der Waals surface area contributed by atoms with Gasteiger partial charge in [-0.15, -0.1) is 5.10 Å². The summed E-state index contributed by atoms with van der Waals surface area (Å²) in [6.07, 6.45) is 1.83. The van der Waals surface area contributed by atoms with E-state index in [1.165, 1.54) is 24.3 Å². The standard InChI is InChI=1S/C17H18FN3O2/c1-17(2,22)14-10-19-9-13(14)15-7-8-16(21-20-15)23-12-5-3-11(18)4-6-12/h3-8,10,13,19,22H,9H2,1-2H3. The van der Waals surface area contributed by atoms with Crippen molar-refractivity contribution in [3.05, 3.63) is 59.7 Å². The van der Waals surface area contributed by atoms with E-state index in [1.807, 2.05) is 12.3 Å². The van der Waals surface area contributed by atoms with Gasteiger partial charge in [-0.2, -0.15) is 5.10 Å². The Bertz CT molecular complexity index is 706. The maximum Gasteiger partial charge on any atom is 0.238 e. The molecule has 0 saturated heterocycles. The van der Waals surface area contributed by atoms with Gasteiger partial charge in [0.2, 0.25) is 5.88 Å². The second kappa shape index (κ2) is 5.96. The zero-order chi connectivity index (χ0) is 16.4. The van der Waals surface area contributed by atoms with E-state index in [0.29, 0.717) is 18.2 Å². The Balaban J connectivity index is 1.75. The lowest BCUT2D eigenvalue weighted by molar-refractivity contribution is 0.114. The Morgan fingerprint density at radius 1 is 1.17 bits per heavy atom. The molecule has 0 saturated carbocycles. The molecule has 0 aliphatic carbocycles. The van der Waals surface area contributed by atoms with E-state index < -0.39 is 5.60 Å². The van der Waals surface area contributed by atoms with Crippen LogP contribution >= 0.6 is 0 Å². The highest BCUT2D eigenvalue weighted by Crippen LogP contribution is 2.33. The molecule has 5 nitrogen and oxygen atoms in total. The number of ether oxygens (including phenoxy) is 1. The van der Waals surface area contributed by atoms with Crippen LogP contribution in [-0.4, -0.2) is 27.4 Å². The predicted molar refractivity (Wildman–Crippen MR) is 83.6 cm³/mol. The van der Waals surface area contributed by atoms with Gasteiger partial charge in [0.25, 0.3) is 0 Å². The summed E-state index contributed by atoms with van der Waals surface area (Å²) in [6, 6.07) is 9.24. The maximum atomic E-state index is 12.9. The minimum atomic E-state index is -0.918. The summed E-state index contributed by atoms with van der Waals surface area (Å²) >= 11 is 0. The number of nitrogens with one attached hydrogen (secondary N) is 1. The van der Waals surface area contributed by atoms with Gasteiger partial charge in [-0.05, 0) is 56.0 Å². The number of aromatic nitrogens is 2. The quantitative estimate of drug-likeness (QED) is 0.908. The molecule has 6 heteroatoms. The lowest BCUT2D eigenvalue weighted by atomic mass is 9.87. The molecule has 2 heterocycles. The highest BCUT2D eigenvalue weighted by molar-refractivity contribution is 5.34. The summed E-state index contributed by atoms with van der Waals surface area (Å²) in [5.74, 6) is 0.481. The van der Waals surface area contributed by atoms with E-state index in [4.69, 9.17) is 4.74 Å². The van der Waals surface area contributed by atoms with Crippen molar-refractivity contribution in [2.24, 2.45) is 0 Å². The van der Waals surface area contributed by atoms with Crippen molar-refractivity contribution < 1.29 is 14.2 Å². The van der Waals surface area contributed by atoms with Gasteiger partial charge in [0.1, 0.15) is 11.6 Å². The number of hydrogen-bond acceptors (Lipinski definition) is 5. The Hall–Kier alpha value is -2.47. The molecular weight excluding hydrogens is 297 g/mol. The third kappa shape index (κ3) is 3.48. The van der Waals surface area contributed by atoms with Crippen molar-refractivity contribution in [2.75, 3.05) is 6.54 Å². The normalized spacial score (nSPS) is 17.6. The van der Waals surface area contributed by atoms with Crippen molar-refractivity contribution in [3.8, 4) is 11.6 Å². The smallest absolute Gasteiger partial charge is 0.238 e. The van der Waals surface area contributed by atoms with E-state index in [9.17, 15) is 9.50 Å². The molecule has 1 atom stereocenters. The summed E-state index contributed by atoms with van der Waals surface area (Å²) in [4.78, 5) is 0. The first-order valence-electron chi connectivity index (χ1n) is 7.37. The van der Waals surface area contributed by atoms with E-state index in [0.717, 1.165) is 11.3 Å². The van der Waals surface area contributed by atoms with E-state index in [1.54, 1.807) is 19.9 Å². The Morgan fingerprint density at radius 2 is 1.91 bits per heavy atom. The number of hydrogen-bond donors (Lipinski definition) is 2. The summed E-state index contributed by atoms with van der Waals surface area (Å²) in [5.41, 5.74) is 0.716. The third-order valence-corrected chi connectivity index (χ3v) is 3.72. The monoisotopic (exact) mass is 315 g/mol. The van der Waals surface area contributed by atoms with Crippen molar-refractivity contribution in [1.29, 1.82) is 0 Å². The van der Waals surface area contributed by atoms with Crippen LogP contribution in [0.15, 0.2) is 48.2 Å². The number of halogens is 1. The minimum Gasteiger partial charge on any atom is -0.438 e. The van der Waals surface area contributed by atoms with Crippen LogP contribution in [0.1, 0.15) is 25.5 Å². The molecule has 0 bridgehead atoms. The van der Waals surface area contributed by atoms with Crippen molar-refractivity contribution in [1.82, 2.24) is 15.5 Å². The molecule has 0 spiro atoms. The molecule has 3 rings (SSSR count). The topological polar surface area (TPSA) is 67.3 Å². The zero-order valence-electron chi connectivity index (χ0n) is 13.0. The second-order valence-electron chi connectivity index (χ2n) is 5.97. The molecule has 2 N–H and O–H groups in total. The van der Waals surface area contributed by atoms with Crippen molar-refractivity contribution in [3.63, 3.8) is 0 Å². The highest BCUT2D eigenvalue weighted by Gasteiger charge is 2.32. The molecule has 0 radical (unpaired) electrons. The molecule has 23 heavy (non-hydrogen) atoms. The van der Waals surface area contributed by atoms with Crippen molar-refractivity contribution >= 4 is 0 Å². The molecular formula is C17H18FN3O2. The lowest BCUT2D eigenvalue weighted by Gasteiger charge is -2.24. The average Bonchev–Trinajstić information content (AvgIpc) is 3.00. The Morgan fingerprint density at radius 3 is 2.52 bits per heavy atom. The van der Waals surface area contributed by atoms with Crippen LogP contribution in [0.25, 0.3) is 0 Å². The summed E-state index contributed by atoms with van der Waals surface area (Å²) < 4.78 is 18.4. The summed E-state index contributed by atoms with van der Waals surface area (Å²) in [6.45, 7) is 4.17. The SMILES string of the molecule is CC(C)(O)C1=CNCC1c1ccc(Oc2ccc(F)cc2)nn1. The van der Waals surface area contributed by atoms with Gasteiger partial charge in [0, 0.05) is 18.5 Å². The van der Waals surface area contributed by atoms with E-state index >= 15 is 0 Å². The van der Waals surface area contributed by atoms with Gasteiger partial charge in [0.05, 0.1) is 11.3 Å². The van der Waals surface area contributed by atoms with Gasteiger partial charge < -0.3 is 15.2 Å². The van der Waals surface area contributed by atoms with Crippen molar-refractivity contribution in [2.45, 2.75) is 25.4 Å². The fourth-order valence-corrected chi connectivity index (χ4v) is 2.56. The summed E-state index contributed by atoms with van der Waals surface area (Å²) in [7, 11) is 0. The van der Waals surface area contributed by atoms with E-state index in [2.05, 4.69) is 15.5 Å². The lowest BCUT2D eigenvalue weighted by Crippen LogP contribution is -2.26. The van der Waals surface area contributed by atoms with Crippen LogP contribution in [0, 0.1) is 5.82 Å². The molecule has 120 valence electrons. The van der Waals surface area contributed by atoms with Crippen LogP contribution in [0.2, 0.25) is 0 Å². The van der Waals surface area contributed by atoms with Crippen LogP contribution in [0.3, 0.4) is 0 Å². The minimum absolute atomic E-state index is 0.0256. The van der Waals surface area contributed by atoms with Crippen LogP contribution in [0.4, 0.5) is 4.39 Å². The number of nitrogens with zero attached hydrogens (tertiary/aromatic N) is 2. The van der Waals surface area contributed by atoms with Gasteiger partial charge in [-0.1, -0.05) is 0 Å². The van der Waals surface area contributed by atoms with Crippen LogP contribution in [-0.2, 0) is 0 Å². The van der Waals surface area contributed by atoms with Gasteiger partial charge in [-0.25, -0.2) is 4.39 Å². The molecule has 0 fully saturated rings. The molecule has 1 aliphatic rings. The van der Waals surface area contributed by atoms with Crippen LogP contribution in [0.5, 0.6) is 11.6 Å². The third-order valence-electron chi connectivity index (χ3n) is 3.72. The number of rotatable bonds is 4. The Labute approximate surface area is 133 Å². The molecule has 0 amide bonds. The Kier molecular flexibility index (Phi) is 4.00. The van der Waals surface area contributed by atoms with Gasteiger partial charge >= 0.3 is 0 Å². The fraction of sp³-hybridized carbons (Fsp3) is 0.294. The largest absolute Gasteiger partial charge is 0.438 e. The predicted octanol–water partition coefficient (Wildman–Crippen LogP) is 2.75. The molecule has 1 aromatic carbocycles. The number of benzene rings is 1. The molecule has 1 unspecified atom stereocenters. The molecule has 2 aromatic rings. The van der Waals surface area contributed by atoms with Gasteiger partial charge in [0.15, 0.2) is 0 Å². The zero-order valence-corrected chi connectivity index (χ0v) is 13.0. The average molecular weight is 315 g/mol.